The summed E-state index contributed by atoms with van der Waals surface area (Å²) in [6, 6.07) is 1.85. The van der Waals surface area contributed by atoms with Gasteiger partial charge in [0.2, 0.25) is 0 Å². The summed E-state index contributed by atoms with van der Waals surface area (Å²) in [4.78, 5) is 13.9. The lowest BCUT2D eigenvalue weighted by Crippen LogP contribution is -2.26. The third kappa shape index (κ3) is 3.05. The van der Waals surface area contributed by atoms with E-state index in [1.807, 2.05) is 26.8 Å². The lowest BCUT2D eigenvalue weighted by Gasteiger charge is -2.19. The summed E-state index contributed by atoms with van der Waals surface area (Å²) in [5, 5.41) is 4.24. The number of nitrogens with zero attached hydrogens (tertiary/aromatic N) is 3. The fourth-order valence-electron chi connectivity index (χ4n) is 1.75. The summed E-state index contributed by atoms with van der Waals surface area (Å²) in [6.45, 7) is 6.66. The second kappa shape index (κ2) is 4.91. The number of aromatic nitrogens is 2. The van der Waals surface area contributed by atoms with Crippen LogP contribution in [0, 0.1) is 0 Å². The average Bonchev–Trinajstić information content (AvgIpc) is 2.97. The van der Waals surface area contributed by atoms with Crippen molar-refractivity contribution in [3.63, 3.8) is 0 Å². The van der Waals surface area contributed by atoms with Crippen molar-refractivity contribution in [2.24, 2.45) is 0 Å². The average molecular weight is 261 g/mol. The van der Waals surface area contributed by atoms with Gasteiger partial charge in [0.1, 0.15) is 0 Å². The maximum absolute atomic E-state index is 12.3. The maximum atomic E-state index is 12.3. The Morgan fingerprint density at radius 2 is 2.21 bits per heavy atom. The Bertz CT molecular complexity index is 550. The van der Waals surface area contributed by atoms with Crippen LogP contribution in [0.3, 0.4) is 0 Å². The third-order valence-electron chi connectivity index (χ3n) is 2.86. The SMILES string of the molecule is CN(Cc1ccoc1)C(=O)c1cnn(C(C)(C)C)c1. The van der Waals surface area contributed by atoms with E-state index in [4.69, 9.17) is 4.42 Å². The standard InChI is InChI=1S/C14H19N3O2/c1-14(2,3)17-9-12(7-15-17)13(18)16(4)8-11-5-6-19-10-11/h5-7,9-10H,8H2,1-4H3. The number of hydrogen-bond donors (Lipinski definition) is 0. The van der Waals surface area contributed by atoms with Crippen molar-refractivity contribution in [1.29, 1.82) is 0 Å². The normalized spacial score (nSPS) is 11.6. The van der Waals surface area contributed by atoms with Gasteiger partial charge < -0.3 is 9.32 Å². The van der Waals surface area contributed by atoms with Crippen LogP contribution in [0.25, 0.3) is 0 Å². The zero-order chi connectivity index (χ0) is 14.0. The molecule has 2 aromatic rings. The Labute approximate surface area is 112 Å². The van der Waals surface area contributed by atoms with Gasteiger partial charge in [-0.25, -0.2) is 0 Å². The van der Waals surface area contributed by atoms with Crippen molar-refractivity contribution in [3.8, 4) is 0 Å². The summed E-state index contributed by atoms with van der Waals surface area (Å²) in [7, 11) is 1.77. The van der Waals surface area contributed by atoms with E-state index in [9.17, 15) is 4.79 Å². The molecule has 0 N–H and O–H groups in total. The maximum Gasteiger partial charge on any atom is 0.257 e. The Morgan fingerprint density at radius 1 is 1.47 bits per heavy atom. The first-order chi connectivity index (χ1) is 8.88. The first-order valence-electron chi connectivity index (χ1n) is 6.19. The van der Waals surface area contributed by atoms with Crippen LogP contribution in [0.4, 0.5) is 0 Å². The lowest BCUT2D eigenvalue weighted by molar-refractivity contribution is 0.0784. The van der Waals surface area contributed by atoms with E-state index >= 15 is 0 Å². The molecule has 0 aliphatic heterocycles. The highest BCUT2D eigenvalue weighted by Crippen LogP contribution is 2.14. The first kappa shape index (κ1) is 13.4. The predicted molar refractivity (Wildman–Crippen MR) is 71.7 cm³/mol. The molecule has 0 saturated heterocycles. The predicted octanol–water partition coefficient (Wildman–Crippen LogP) is 2.50. The summed E-state index contributed by atoms with van der Waals surface area (Å²) in [5.41, 5.74) is 1.45. The van der Waals surface area contributed by atoms with Gasteiger partial charge in [0.05, 0.1) is 29.8 Å². The van der Waals surface area contributed by atoms with Gasteiger partial charge in [0, 0.05) is 25.4 Å². The van der Waals surface area contributed by atoms with E-state index in [1.54, 1.807) is 41.5 Å². The molecule has 1 amide bonds. The fourth-order valence-corrected chi connectivity index (χ4v) is 1.75. The van der Waals surface area contributed by atoms with Gasteiger partial charge in [-0.15, -0.1) is 0 Å². The van der Waals surface area contributed by atoms with E-state index in [1.165, 1.54) is 0 Å². The highest BCUT2D eigenvalue weighted by molar-refractivity contribution is 5.93. The molecule has 2 rings (SSSR count). The van der Waals surface area contributed by atoms with Gasteiger partial charge in [0.25, 0.3) is 5.91 Å². The van der Waals surface area contributed by atoms with Crippen molar-refractivity contribution < 1.29 is 9.21 Å². The molecule has 0 bridgehead atoms. The van der Waals surface area contributed by atoms with Crippen LogP contribution in [-0.4, -0.2) is 27.6 Å². The molecular formula is C14H19N3O2. The van der Waals surface area contributed by atoms with E-state index in [0.29, 0.717) is 12.1 Å². The van der Waals surface area contributed by atoms with Gasteiger partial charge in [-0.2, -0.15) is 5.10 Å². The van der Waals surface area contributed by atoms with E-state index in [2.05, 4.69) is 5.10 Å². The van der Waals surface area contributed by atoms with Gasteiger partial charge >= 0.3 is 0 Å². The largest absolute Gasteiger partial charge is 0.472 e. The van der Waals surface area contributed by atoms with Gasteiger partial charge in [-0.3, -0.25) is 9.48 Å². The van der Waals surface area contributed by atoms with Crippen LogP contribution in [0.5, 0.6) is 0 Å². The zero-order valence-corrected chi connectivity index (χ0v) is 11.8. The topological polar surface area (TPSA) is 51.3 Å². The number of carbonyl (C=O) groups is 1. The molecule has 0 aliphatic carbocycles. The summed E-state index contributed by atoms with van der Waals surface area (Å²) < 4.78 is 6.79. The molecular weight excluding hydrogens is 242 g/mol. The lowest BCUT2D eigenvalue weighted by atomic mass is 10.1. The second-order valence-corrected chi connectivity index (χ2v) is 5.64. The quantitative estimate of drug-likeness (QED) is 0.853. The molecule has 102 valence electrons. The van der Waals surface area contributed by atoms with Crippen LogP contribution >= 0.6 is 0 Å². The number of rotatable bonds is 3. The minimum atomic E-state index is -0.123. The smallest absolute Gasteiger partial charge is 0.257 e. The molecule has 19 heavy (non-hydrogen) atoms. The molecule has 0 fully saturated rings. The number of carbonyl (C=O) groups excluding carboxylic acids is 1. The molecule has 0 unspecified atom stereocenters. The monoisotopic (exact) mass is 261 g/mol. The van der Waals surface area contributed by atoms with Crippen molar-refractivity contribution in [2.75, 3.05) is 7.05 Å². The minimum Gasteiger partial charge on any atom is -0.472 e. The zero-order valence-electron chi connectivity index (χ0n) is 11.8. The Kier molecular flexibility index (Phi) is 3.46. The van der Waals surface area contributed by atoms with Crippen LogP contribution < -0.4 is 0 Å². The second-order valence-electron chi connectivity index (χ2n) is 5.64. The van der Waals surface area contributed by atoms with Crippen molar-refractivity contribution in [2.45, 2.75) is 32.9 Å². The van der Waals surface area contributed by atoms with E-state index in [-0.39, 0.29) is 11.4 Å². The van der Waals surface area contributed by atoms with Gasteiger partial charge in [0.15, 0.2) is 0 Å². The highest BCUT2D eigenvalue weighted by Gasteiger charge is 2.19. The van der Waals surface area contributed by atoms with Crippen molar-refractivity contribution in [3.05, 3.63) is 42.1 Å². The summed E-state index contributed by atoms with van der Waals surface area (Å²) in [6.07, 6.45) is 6.64. The third-order valence-corrected chi connectivity index (χ3v) is 2.86. The first-order valence-corrected chi connectivity index (χ1v) is 6.19. The molecule has 2 aromatic heterocycles. The highest BCUT2D eigenvalue weighted by atomic mass is 16.3. The Morgan fingerprint density at radius 3 is 2.74 bits per heavy atom. The van der Waals surface area contributed by atoms with Crippen molar-refractivity contribution in [1.82, 2.24) is 14.7 Å². The summed E-state index contributed by atoms with van der Waals surface area (Å²) >= 11 is 0. The van der Waals surface area contributed by atoms with Crippen LogP contribution in [-0.2, 0) is 12.1 Å². The number of amides is 1. The number of hydrogen-bond acceptors (Lipinski definition) is 3. The van der Waals surface area contributed by atoms with Gasteiger partial charge in [-0.1, -0.05) is 0 Å². The van der Waals surface area contributed by atoms with Gasteiger partial charge in [-0.05, 0) is 26.8 Å². The molecule has 0 aliphatic rings. The van der Waals surface area contributed by atoms with Crippen LogP contribution in [0.1, 0.15) is 36.7 Å². The Hall–Kier alpha value is -2.04. The molecule has 0 saturated carbocycles. The molecule has 0 aromatic carbocycles. The molecule has 0 radical (unpaired) electrons. The Balaban J connectivity index is 2.09. The van der Waals surface area contributed by atoms with Crippen LogP contribution in [0.2, 0.25) is 0 Å². The van der Waals surface area contributed by atoms with E-state index < -0.39 is 0 Å². The molecule has 5 heteroatoms. The molecule has 2 heterocycles. The summed E-state index contributed by atoms with van der Waals surface area (Å²) in [5.74, 6) is -0.0447. The van der Waals surface area contributed by atoms with E-state index in [0.717, 1.165) is 5.56 Å². The number of furan rings is 1. The van der Waals surface area contributed by atoms with Crippen molar-refractivity contribution >= 4 is 5.91 Å². The molecule has 0 spiro atoms. The molecule has 5 nitrogen and oxygen atoms in total. The molecule has 0 atom stereocenters. The fraction of sp³-hybridized carbons (Fsp3) is 0.429. The van der Waals surface area contributed by atoms with Crippen LogP contribution in [0.15, 0.2) is 35.4 Å². The minimum absolute atomic E-state index is 0.0447.